The van der Waals surface area contributed by atoms with Crippen molar-refractivity contribution in [3.05, 3.63) is 47.7 Å². The van der Waals surface area contributed by atoms with Crippen LogP contribution in [0.4, 0.5) is 0 Å². The van der Waals surface area contributed by atoms with Gasteiger partial charge in [0, 0.05) is 25.4 Å². The van der Waals surface area contributed by atoms with E-state index in [4.69, 9.17) is 5.11 Å². The molecule has 0 bridgehead atoms. The van der Waals surface area contributed by atoms with Crippen molar-refractivity contribution >= 4 is 5.97 Å². The summed E-state index contributed by atoms with van der Waals surface area (Å²) in [4.78, 5) is 12.4. The average molecular weight is 203 g/mol. The lowest BCUT2D eigenvalue weighted by Gasteiger charge is -2.27. The second kappa shape index (κ2) is 4.17. The van der Waals surface area contributed by atoms with Gasteiger partial charge in [-0.25, -0.2) is 4.79 Å². The van der Waals surface area contributed by atoms with Crippen molar-refractivity contribution in [2.75, 3.05) is 6.54 Å². The number of hydrogen-bond acceptors (Lipinski definition) is 2. The summed E-state index contributed by atoms with van der Waals surface area (Å²) in [6, 6.07) is 8.29. The van der Waals surface area contributed by atoms with E-state index < -0.39 is 5.97 Å². The third-order valence-electron chi connectivity index (χ3n) is 2.59. The van der Waals surface area contributed by atoms with E-state index in [1.807, 2.05) is 17.0 Å². The standard InChI is InChI=1S/C12H13NO2/c14-12(15)6-8-13-7-5-10-3-1-2-4-11(10)9-13/h1-4,6,8H,5,7,9H2,(H,14,15). The van der Waals surface area contributed by atoms with Gasteiger partial charge in [-0.1, -0.05) is 24.3 Å². The lowest BCUT2D eigenvalue weighted by molar-refractivity contribution is -0.131. The molecule has 78 valence electrons. The Hall–Kier alpha value is -1.77. The molecule has 0 saturated heterocycles. The van der Waals surface area contributed by atoms with Gasteiger partial charge < -0.3 is 10.0 Å². The molecule has 0 saturated carbocycles. The largest absolute Gasteiger partial charge is 0.478 e. The van der Waals surface area contributed by atoms with Gasteiger partial charge in [0.2, 0.25) is 0 Å². The van der Waals surface area contributed by atoms with E-state index in [0.717, 1.165) is 19.5 Å². The van der Waals surface area contributed by atoms with Crippen LogP contribution in [-0.2, 0) is 17.8 Å². The van der Waals surface area contributed by atoms with Gasteiger partial charge in [0.15, 0.2) is 0 Å². The summed E-state index contributed by atoms with van der Waals surface area (Å²) in [5, 5.41) is 8.53. The minimum absolute atomic E-state index is 0.806. The molecule has 0 aliphatic carbocycles. The molecule has 1 aliphatic rings. The number of aliphatic carboxylic acids is 1. The van der Waals surface area contributed by atoms with Gasteiger partial charge in [0.25, 0.3) is 0 Å². The predicted molar refractivity (Wildman–Crippen MR) is 57.3 cm³/mol. The summed E-state index contributed by atoms with van der Waals surface area (Å²) >= 11 is 0. The summed E-state index contributed by atoms with van der Waals surface area (Å²) in [5.74, 6) is -0.895. The Morgan fingerprint density at radius 2 is 2.07 bits per heavy atom. The lowest BCUT2D eigenvalue weighted by Crippen LogP contribution is -2.25. The smallest absolute Gasteiger partial charge is 0.329 e. The van der Waals surface area contributed by atoms with Crippen molar-refractivity contribution in [1.29, 1.82) is 0 Å². The zero-order valence-electron chi connectivity index (χ0n) is 8.39. The van der Waals surface area contributed by atoms with Crippen molar-refractivity contribution in [1.82, 2.24) is 4.90 Å². The molecule has 2 rings (SSSR count). The van der Waals surface area contributed by atoms with Gasteiger partial charge in [-0.15, -0.1) is 0 Å². The topological polar surface area (TPSA) is 40.5 Å². The Morgan fingerprint density at radius 1 is 1.33 bits per heavy atom. The number of carboxylic acids is 1. The fraction of sp³-hybridized carbons (Fsp3) is 0.250. The van der Waals surface area contributed by atoms with Crippen molar-refractivity contribution < 1.29 is 9.90 Å². The molecule has 0 radical (unpaired) electrons. The molecular weight excluding hydrogens is 190 g/mol. The van der Waals surface area contributed by atoms with Gasteiger partial charge in [0.05, 0.1) is 0 Å². The normalized spacial score (nSPS) is 15.3. The number of nitrogens with zero attached hydrogens (tertiary/aromatic N) is 1. The summed E-state index contributed by atoms with van der Waals surface area (Å²) in [6.45, 7) is 1.70. The number of carboxylic acid groups (broad SMARTS) is 1. The number of rotatable bonds is 2. The fourth-order valence-corrected chi connectivity index (χ4v) is 1.81. The number of hydrogen-bond donors (Lipinski definition) is 1. The fourth-order valence-electron chi connectivity index (χ4n) is 1.81. The van der Waals surface area contributed by atoms with Crippen LogP contribution in [0.15, 0.2) is 36.5 Å². The third kappa shape index (κ3) is 2.37. The van der Waals surface area contributed by atoms with Crippen LogP contribution in [0.25, 0.3) is 0 Å². The number of fused-ring (bicyclic) bond motifs is 1. The molecule has 3 nitrogen and oxygen atoms in total. The highest BCUT2D eigenvalue weighted by Crippen LogP contribution is 2.18. The molecule has 1 N–H and O–H groups in total. The Balaban J connectivity index is 2.09. The molecule has 0 amide bonds. The Morgan fingerprint density at radius 3 is 2.80 bits per heavy atom. The molecule has 15 heavy (non-hydrogen) atoms. The van der Waals surface area contributed by atoms with E-state index >= 15 is 0 Å². The summed E-state index contributed by atoms with van der Waals surface area (Å²) in [7, 11) is 0. The van der Waals surface area contributed by atoms with Crippen LogP contribution in [0.2, 0.25) is 0 Å². The summed E-state index contributed by atoms with van der Waals surface area (Å²) in [5.41, 5.74) is 2.66. The second-order valence-corrected chi connectivity index (χ2v) is 3.64. The first-order chi connectivity index (χ1) is 7.25. The number of benzene rings is 1. The molecular formula is C12H13NO2. The third-order valence-corrected chi connectivity index (χ3v) is 2.59. The average Bonchev–Trinajstić information content (AvgIpc) is 2.26. The second-order valence-electron chi connectivity index (χ2n) is 3.64. The maximum atomic E-state index is 10.4. The molecule has 3 heteroatoms. The first-order valence-electron chi connectivity index (χ1n) is 4.97. The molecule has 0 unspecified atom stereocenters. The van der Waals surface area contributed by atoms with Gasteiger partial charge in [-0.05, 0) is 17.5 Å². The molecule has 1 aliphatic heterocycles. The van der Waals surface area contributed by atoms with Crippen LogP contribution in [0.3, 0.4) is 0 Å². The van der Waals surface area contributed by atoms with E-state index in [-0.39, 0.29) is 0 Å². The van der Waals surface area contributed by atoms with E-state index in [1.54, 1.807) is 6.20 Å². The van der Waals surface area contributed by atoms with Gasteiger partial charge in [0.1, 0.15) is 0 Å². The highest BCUT2D eigenvalue weighted by Gasteiger charge is 2.12. The highest BCUT2D eigenvalue weighted by atomic mass is 16.4. The van der Waals surface area contributed by atoms with Crippen molar-refractivity contribution in [3.8, 4) is 0 Å². The van der Waals surface area contributed by atoms with Crippen LogP contribution in [0, 0.1) is 0 Å². The molecule has 0 aromatic heterocycles. The van der Waals surface area contributed by atoms with Crippen molar-refractivity contribution in [2.45, 2.75) is 13.0 Å². The zero-order chi connectivity index (χ0) is 10.7. The van der Waals surface area contributed by atoms with Crippen LogP contribution in [-0.4, -0.2) is 22.5 Å². The summed E-state index contributed by atoms with van der Waals surface area (Å²) in [6.07, 6.45) is 3.83. The van der Waals surface area contributed by atoms with Crippen LogP contribution in [0.1, 0.15) is 11.1 Å². The van der Waals surface area contributed by atoms with Crippen molar-refractivity contribution in [2.24, 2.45) is 0 Å². The predicted octanol–water partition coefficient (Wildman–Crippen LogP) is 1.64. The Bertz CT molecular complexity index is 398. The minimum Gasteiger partial charge on any atom is -0.478 e. The van der Waals surface area contributed by atoms with Crippen molar-refractivity contribution in [3.63, 3.8) is 0 Å². The van der Waals surface area contributed by atoms with E-state index in [0.29, 0.717) is 0 Å². The van der Waals surface area contributed by atoms with Gasteiger partial charge >= 0.3 is 5.97 Å². The molecule has 0 fully saturated rings. The highest BCUT2D eigenvalue weighted by molar-refractivity contribution is 5.79. The Labute approximate surface area is 88.6 Å². The zero-order valence-corrected chi connectivity index (χ0v) is 8.39. The van der Waals surface area contributed by atoms with E-state index in [2.05, 4.69) is 12.1 Å². The van der Waals surface area contributed by atoms with E-state index in [9.17, 15) is 4.79 Å². The SMILES string of the molecule is O=C(O)C=CN1CCc2ccccc2C1. The van der Waals surface area contributed by atoms with Crippen LogP contribution < -0.4 is 0 Å². The quantitative estimate of drug-likeness (QED) is 0.743. The molecule has 0 atom stereocenters. The Kier molecular flexibility index (Phi) is 2.72. The van der Waals surface area contributed by atoms with Crippen LogP contribution >= 0.6 is 0 Å². The van der Waals surface area contributed by atoms with Crippen LogP contribution in [0.5, 0.6) is 0 Å². The monoisotopic (exact) mass is 203 g/mol. The maximum Gasteiger partial charge on any atom is 0.329 e. The van der Waals surface area contributed by atoms with E-state index in [1.165, 1.54) is 17.2 Å². The minimum atomic E-state index is -0.895. The summed E-state index contributed by atoms with van der Waals surface area (Å²) < 4.78 is 0. The molecule has 1 aromatic carbocycles. The lowest BCUT2D eigenvalue weighted by atomic mass is 10.0. The molecule has 1 aromatic rings. The van der Waals surface area contributed by atoms with Gasteiger partial charge in [-0.2, -0.15) is 0 Å². The first kappa shape index (κ1) is 9.77. The first-order valence-corrected chi connectivity index (χ1v) is 4.97. The number of carbonyl (C=O) groups is 1. The van der Waals surface area contributed by atoms with Gasteiger partial charge in [-0.3, -0.25) is 0 Å². The maximum absolute atomic E-state index is 10.4. The molecule has 0 spiro atoms. The molecule has 1 heterocycles.